The molecule has 4 rings (SSSR count). The first-order valence-corrected chi connectivity index (χ1v) is 13.3. The quantitative estimate of drug-likeness (QED) is 0.632. The lowest BCUT2D eigenvalue weighted by Gasteiger charge is -2.36. The summed E-state index contributed by atoms with van der Waals surface area (Å²) in [4.78, 5) is 28.8. The Morgan fingerprint density at radius 3 is 2.78 bits per heavy atom. The number of piperidine rings is 2. The number of hydrogen-bond donors (Lipinski definition) is 2. The van der Waals surface area contributed by atoms with Gasteiger partial charge in [-0.3, -0.25) is 9.59 Å². The number of rotatable bonds is 6. The molecule has 0 bridgehead atoms. The first-order chi connectivity index (χ1) is 15.3. The Kier molecular flexibility index (Phi) is 7.06. The third-order valence-corrected chi connectivity index (χ3v) is 9.30. The average Bonchev–Trinajstić information content (AvgIpc) is 3.20. The molecule has 2 aromatic rings. The fraction of sp³-hybridized carbons (Fsp3) is 0.524. The van der Waals surface area contributed by atoms with Crippen LogP contribution in [0.2, 0.25) is 5.02 Å². The van der Waals surface area contributed by atoms with Crippen molar-refractivity contribution in [3.63, 3.8) is 0 Å². The number of benzene rings is 1. The lowest BCUT2D eigenvalue weighted by atomic mass is 9.99. The van der Waals surface area contributed by atoms with Crippen molar-refractivity contribution >= 4 is 54.9 Å². The van der Waals surface area contributed by atoms with Crippen molar-refractivity contribution in [2.45, 2.75) is 35.9 Å². The number of amides is 2. The van der Waals surface area contributed by atoms with Crippen molar-refractivity contribution in [3.05, 3.63) is 29.3 Å². The number of fused-ring (bicyclic) bond motifs is 1. The summed E-state index contributed by atoms with van der Waals surface area (Å²) < 4.78 is 29.3. The maximum absolute atomic E-state index is 13.0. The maximum atomic E-state index is 13.0. The van der Waals surface area contributed by atoms with Crippen LogP contribution in [0, 0.1) is 5.92 Å². The number of aliphatic hydroxyl groups excluding tert-OH is 1. The smallest absolute Gasteiger partial charge is 0.250 e. The third-order valence-electron chi connectivity index (χ3n) is 6.00. The molecule has 2 aliphatic heterocycles. The number of hydrogen-bond acceptors (Lipinski definition) is 6. The summed E-state index contributed by atoms with van der Waals surface area (Å²) in [6, 6.07) is 5.82. The van der Waals surface area contributed by atoms with Crippen LogP contribution in [0.15, 0.2) is 28.5 Å². The number of carbonyl (C=O) groups is 2. The molecule has 1 aromatic heterocycles. The number of aliphatic hydroxyl groups is 1. The van der Waals surface area contributed by atoms with Crippen LogP contribution < -0.4 is 4.72 Å². The van der Waals surface area contributed by atoms with Gasteiger partial charge in [-0.25, -0.2) is 8.42 Å². The van der Waals surface area contributed by atoms with Gasteiger partial charge in [0.2, 0.25) is 11.8 Å². The molecule has 2 fully saturated rings. The van der Waals surface area contributed by atoms with Crippen LogP contribution in [-0.2, 0) is 19.6 Å². The minimum atomic E-state index is -3.90. The van der Waals surface area contributed by atoms with E-state index in [-0.39, 0.29) is 35.1 Å². The molecule has 0 saturated carbocycles. The first-order valence-electron chi connectivity index (χ1n) is 10.7. The third kappa shape index (κ3) is 5.09. The van der Waals surface area contributed by atoms with E-state index < -0.39 is 16.1 Å². The SMILES string of the molecule is O=C(CN1CCC[C@H](NS(=O)(=O)c2cc3cc(Cl)ccc3s2)C1=O)N1CCCC(CO)C1. The van der Waals surface area contributed by atoms with Crippen LogP contribution in [0.25, 0.3) is 10.1 Å². The van der Waals surface area contributed by atoms with E-state index in [1.807, 2.05) is 0 Å². The highest BCUT2D eigenvalue weighted by molar-refractivity contribution is 7.91. The summed E-state index contributed by atoms with van der Waals surface area (Å²) in [6.07, 6.45) is 2.70. The molecule has 1 aromatic carbocycles. The highest BCUT2D eigenvalue weighted by Crippen LogP contribution is 2.31. The Morgan fingerprint density at radius 1 is 1.22 bits per heavy atom. The predicted octanol–water partition coefficient (Wildman–Crippen LogP) is 2.05. The molecular weight excluding hydrogens is 474 g/mol. The molecule has 1 unspecified atom stereocenters. The van der Waals surface area contributed by atoms with E-state index in [9.17, 15) is 23.1 Å². The second kappa shape index (κ2) is 9.64. The highest BCUT2D eigenvalue weighted by Gasteiger charge is 2.35. The summed E-state index contributed by atoms with van der Waals surface area (Å²) >= 11 is 7.11. The van der Waals surface area contributed by atoms with E-state index in [1.165, 1.54) is 4.90 Å². The predicted molar refractivity (Wildman–Crippen MR) is 123 cm³/mol. The van der Waals surface area contributed by atoms with Gasteiger partial charge in [0.25, 0.3) is 10.0 Å². The van der Waals surface area contributed by atoms with Gasteiger partial charge in [-0.2, -0.15) is 4.72 Å². The molecule has 2 saturated heterocycles. The van der Waals surface area contributed by atoms with E-state index in [2.05, 4.69) is 4.72 Å². The van der Waals surface area contributed by atoms with Crippen LogP contribution >= 0.6 is 22.9 Å². The zero-order valence-electron chi connectivity index (χ0n) is 17.5. The van der Waals surface area contributed by atoms with Gasteiger partial charge in [-0.15, -0.1) is 11.3 Å². The molecule has 0 spiro atoms. The van der Waals surface area contributed by atoms with E-state index in [1.54, 1.807) is 29.2 Å². The monoisotopic (exact) mass is 499 g/mol. The molecule has 2 N–H and O–H groups in total. The van der Waals surface area contributed by atoms with Crippen LogP contribution in [0.5, 0.6) is 0 Å². The molecule has 8 nitrogen and oxygen atoms in total. The minimum absolute atomic E-state index is 0.0419. The number of thiophene rings is 1. The number of halogens is 1. The normalized spacial score (nSPS) is 22.5. The van der Waals surface area contributed by atoms with Crippen molar-refractivity contribution in [1.29, 1.82) is 0 Å². The largest absolute Gasteiger partial charge is 0.396 e. The number of sulfonamides is 1. The topological polar surface area (TPSA) is 107 Å². The van der Waals surface area contributed by atoms with Gasteiger partial charge in [0.15, 0.2) is 0 Å². The van der Waals surface area contributed by atoms with Gasteiger partial charge in [-0.1, -0.05) is 11.6 Å². The summed E-state index contributed by atoms with van der Waals surface area (Å²) in [7, 11) is -3.90. The lowest BCUT2D eigenvalue weighted by molar-refractivity contribution is -0.144. The fourth-order valence-corrected chi connectivity index (χ4v) is 7.08. The number of likely N-dealkylation sites (tertiary alicyclic amines) is 2. The van der Waals surface area contributed by atoms with E-state index in [0.29, 0.717) is 37.5 Å². The van der Waals surface area contributed by atoms with Crippen molar-refractivity contribution in [2.24, 2.45) is 5.92 Å². The lowest BCUT2D eigenvalue weighted by Crippen LogP contribution is -2.55. The molecule has 32 heavy (non-hydrogen) atoms. The standard InChI is InChI=1S/C21H26ClN3O5S2/c22-16-5-6-18-15(9-16)10-20(31-18)32(29,30)23-17-4-2-8-25(21(17)28)12-19(27)24-7-1-3-14(11-24)13-26/h5-6,9-10,14,17,23,26H,1-4,7-8,11-13H2/t14?,17-/m0/s1. The molecular formula is C21H26ClN3O5S2. The number of nitrogens with one attached hydrogen (secondary N) is 1. The van der Waals surface area contributed by atoms with Crippen LogP contribution in [0.4, 0.5) is 0 Å². The van der Waals surface area contributed by atoms with Gasteiger partial charge in [-0.05, 0) is 61.3 Å². The van der Waals surface area contributed by atoms with Crippen LogP contribution in [-0.4, -0.2) is 74.0 Å². The van der Waals surface area contributed by atoms with Crippen LogP contribution in [0.1, 0.15) is 25.7 Å². The van der Waals surface area contributed by atoms with Gasteiger partial charge >= 0.3 is 0 Å². The van der Waals surface area contributed by atoms with E-state index in [4.69, 9.17) is 11.6 Å². The van der Waals surface area contributed by atoms with Crippen molar-refractivity contribution in [3.8, 4) is 0 Å². The maximum Gasteiger partial charge on any atom is 0.250 e. The Hall–Kier alpha value is -1.72. The fourth-order valence-electron chi connectivity index (χ4n) is 4.28. The van der Waals surface area contributed by atoms with Gasteiger partial charge in [0.05, 0.1) is 6.54 Å². The van der Waals surface area contributed by atoms with Gasteiger partial charge in [0.1, 0.15) is 10.3 Å². The molecule has 11 heteroatoms. The molecule has 174 valence electrons. The molecule has 2 atom stereocenters. The zero-order chi connectivity index (χ0) is 22.9. The molecule has 2 amide bonds. The van der Waals surface area contributed by atoms with E-state index in [0.717, 1.165) is 34.3 Å². The minimum Gasteiger partial charge on any atom is -0.396 e. The molecule has 2 aliphatic rings. The number of carbonyl (C=O) groups excluding carboxylic acids is 2. The Morgan fingerprint density at radius 2 is 2.00 bits per heavy atom. The van der Waals surface area contributed by atoms with Crippen molar-refractivity contribution in [1.82, 2.24) is 14.5 Å². The summed E-state index contributed by atoms with van der Waals surface area (Å²) in [6.45, 7) is 1.49. The second-order valence-corrected chi connectivity index (χ2v) is 11.8. The number of nitrogens with zero attached hydrogens (tertiary/aromatic N) is 2. The summed E-state index contributed by atoms with van der Waals surface area (Å²) in [5, 5.41) is 10.6. The van der Waals surface area contributed by atoms with Crippen molar-refractivity contribution < 1.29 is 23.1 Å². The highest BCUT2D eigenvalue weighted by atomic mass is 35.5. The van der Waals surface area contributed by atoms with Gasteiger partial charge in [0, 0.05) is 36.0 Å². The average molecular weight is 500 g/mol. The Balaban J connectivity index is 1.42. The molecule has 3 heterocycles. The Labute approximate surface area is 196 Å². The van der Waals surface area contributed by atoms with Crippen LogP contribution in [0.3, 0.4) is 0 Å². The second-order valence-electron chi connectivity index (χ2n) is 8.35. The van der Waals surface area contributed by atoms with Gasteiger partial charge < -0.3 is 14.9 Å². The summed E-state index contributed by atoms with van der Waals surface area (Å²) in [5.74, 6) is -0.477. The van der Waals surface area contributed by atoms with E-state index >= 15 is 0 Å². The first kappa shape index (κ1) is 23.4. The summed E-state index contributed by atoms with van der Waals surface area (Å²) in [5.41, 5.74) is 0. The molecule has 0 aliphatic carbocycles. The zero-order valence-corrected chi connectivity index (χ0v) is 19.9. The Bertz CT molecular complexity index is 1120. The molecule has 0 radical (unpaired) electrons. The van der Waals surface area contributed by atoms with Crippen molar-refractivity contribution in [2.75, 3.05) is 32.8 Å².